The Morgan fingerprint density at radius 3 is 2.22 bits per heavy atom. The average molecular weight is 692 g/mol. The van der Waals surface area contributed by atoms with E-state index in [1.54, 1.807) is 54.7 Å². The molecule has 0 radical (unpaired) electrons. The number of piperazine rings is 1. The molecular formula is C41H39ClFN3O4. The standard InChI is InChI=1S/C41H39ClFN3O4/c1-30-2-14-36(15-3-30)48-25-20-31-4-6-33(7-5-31)28-45-21-23-46(24-22-45)41(47)19-11-32-10-17-39(38(42)26-32)50-40-18-16-37(27-44-40)49-29-34-8-12-35(43)13-9-34/h2-19,26-27H,20-25,28-29H2,1H3/b19-11+. The van der Waals surface area contributed by atoms with Crippen LogP contribution in [0.1, 0.15) is 27.8 Å². The lowest BCUT2D eigenvalue weighted by Crippen LogP contribution is -2.47. The number of halogens is 2. The molecule has 256 valence electrons. The largest absolute Gasteiger partial charge is 0.493 e. The van der Waals surface area contributed by atoms with E-state index in [9.17, 15) is 9.18 Å². The van der Waals surface area contributed by atoms with Crippen molar-refractivity contribution < 1.29 is 23.4 Å². The molecule has 0 atom stereocenters. The van der Waals surface area contributed by atoms with E-state index in [0.29, 0.717) is 48.7 Å². The van der Waals surface area contributed by atoms with Crippen LogP contribution in [0.4, 0.5) is 4.39 Å². The summed E-state index contributed by atoms with van der Waals surface area (Å²) in [7, 11) is 0. The van der Waals surface area contributed by atoms with Crippen LogP contribution < -0.4 is 14.2 Å². The molecule has 1 amide bonds. The van der Waals surface area contributed by atoms with Gasteiger partial charge in [0.15, 0.2) is 0 Å². The molecular weight excluding hydrogens is 653 g/mol. The van der Waals surface area contributed by atoms with Crippen molar-refractivity contribution in [3.63, 3.8) is 0 Å². The maximum Gasteiger partial charge on any atom is 0.246 e. The first kappa shape index (κ1) is 34.7. The molecule has 0 aliphatic carbocycles. The number of pyridine rings is 1. The van der Waals surface area contributed by atoms with E-state index in [-0.39, 0.29) is 11.7 Å². The van der Waals surface area contributed by atoms with Gasteiger partial charge in [0.25, 0.3) is 0 Å². The Morgan fingerprint density at radius 1 is 0.820 bits per heavy atom. The van der Waals surface area contributed by atoms with Crippen LogP contribution in [0.5, 0.6) is 23.1 Å². The fourth-order valence-electron chi connectivity index (χ4n) is 5.47. The zero-order chi connectivity index (χ0) is 34.7. The van der Waals surface area contributed by atoms with Crippen molar-refractivity contribution in [1.82, 2.24) is 14.8 Å². The molecule has 1 saturated heterocycles. The number of hydrogen-bond acceptors (Lipinski definition) is 6. The predicted octanol–water partition coefficient (Wildman–Crippen LogP) is 8.53. The lowest BCUT2D eigenvalue weighted by molar-refractivity contribution is -0.127. The van der Waals surface area contributed by atoms with Crippen molar-refractivity contribution in [1.29, 1.82) is 0 Å². The Morgan fingerprint density at radius 2 is 1.52 bits per heavy atom. The molecule has 50 heavy (non-hydrogen) atoms. The highest BCUT2D eigenvalue weighted by Gasteiger charge is 2.19. The van der Waals surface area contributed by atoms with Gasteiger partial charge in [-0.3, -0.25) is 9.69 Å². The van der Waals surface area contributed by atoms with E-state index < -0.39 is 0 Å². The van der Waals surface area contributed by atoms with E-state index in [0.717, 1.165) is 42.9 Å². The molecule has 1 aliphatic rings. The molecule has 6 rings (SSSR count). The number of carbonyl (C=O) groups excluding carboxylic acids is 1. The maximum absolute atomic E-state index is 13.1. The van der Waals surface area contributed by atoms with Gasteiger partial charge in [0, 0.05) is 51.3 Å². The fourth-order valence-corrected chi connectivity index (χ4v) is 5.69. The number of aromatic nitrogens is 1. The highest BCUT2D eigenvalue weighted by molar-refractivity contribution is 6.32. The lowest BCUT2D eigenvalue weighted by atomic mass is 10.1. The number of rotatable bonds is 13. The van der Waals surface area contributed by atoms with Gasteiger partial charge in [-0.25, -0.2) is 9.37 Å². The summed E-state index contributed by atoms with van der Waals surface area (Å²) in [5.74, 6) is 1.95. The third-order valence-electron chi connectivity index (χ3n) is 8.41. The minimum atomic E-state index is -0.288. The maximum atomic E-state index is 13.1. The van der Waals surface area contributed by atoms with Crippen LogP contribution >= 0.6 is 11.6 Å². The van der Waals surface area contributed by atoms with Crippen molar-refractivity contribution in [2.75, 3.05) is 32.8 Å². The molecule has 1 aromatic heterocycles. The molecule has 1 fully saturated rings. The average Bonchev–Trinajstić information content (AvgIpc) is 3.14. The Labute approximate surface area is 297 Å². The fraction of sp³-hybridized carbons (Fsp3) is 0.220. The summed E-state index contributed by atoms with van der Waals surface area (Å²) in [6.07, 6.45) is 5.77. The zero-order valence-electron chi connectivity index (χ0n) is 27.9. The van der Waals surface area contributed by atoms with Gasteiger partial charge in [-0.15, -0.1) is 0 Å². The topological polar surface area (TPSA) is 64.1 Å². The Kier molecular flexibility index (Phi) is 11.8. The molecule has 0 bridgehead atoms. The summed E-state index contributed by atoms with van der Waals surface area (Å²) in [4.78, 5) is 21.5. The van der Waals surface area contributed by atoms with Crippen LogP contribution in [-0.2, 0) is 24.4 Å². The van der Waals surface area contributed by atoms with Gasteiger partial charge in [-0.05, 0) is 77.7 Å². The minimum Gasteiger partial charge on any atom is -0.493 e. The van der Waals surface area contributed by atoms with Crippen LogP contribution in [0.15, 0.2) is 115 Å². The number of ether oxygens (including phenoxy) is 3. The van der Waals surface area contributed by atoms with Crippen LogP contribution in [0.25, 0.3) is 6.08 Å². The summed E-state index contributed by atoms with van der Waals surface area (Å²) in [5.41, 5.74) is 5.37. The number of benzene rings is 4. The third kappa shape index (κ3) is 10.2. The van der Waals surface area contributed by atoms with E-state index in [2.05, 4.69) is 53.2 Å². The Bertz CT molecular complexity index is 1870. The van der Waals surface area contributed by atoms with Crippen LogP contribution in [-0.4, -0.2) is 53.5 Å². The summed E-state index contributed by atoms with van der Waals surface area (Å²) in [6, 6.07) is 31.7. The second-order valence-corrected chi connectivity index (χ2v) is 12.6. The first-order chi connectivity index (χ1) is 24.4. The van der Waals surface area contributed by atoms with Gasteiger partial charge in [0.1, 0.15) is 29.7 Å². The monoisotopic (exact) mass is 691 g/mol. The van der Waals surface area contributed by atoms with Gasteiger partial charge in [0.2, 0.25) is 11.8 Å². The van der Waals surface area contributed by atoms with E-state index >= 15 is 0 Å². The SMILES string of the molecule is Cc1ccc(OCCc2ccc(CN3CCN(C(=O)/C=C/c4ccc(Oc5ccc(OCc6ccc(F)cc6)cn5)c(Cl)c4)CC3)cc2)cc1. The summed E-state index contributed by atoms with van der Waals surface area (Å²) in [6.45, 7) is 6.85. The highest BCUT2D eigenvalue weighted by atomic mass is 35.5. The molecule has 0 N–H and O–H groups in total. The smallest absolute Gasteiger partial charge is 0.246 e. The van der Waals surface area contributed by atoms with E-state index in [4.69, 9.17) is 25.8 Å². The molecule has 5 aromatic rings. The van der Waals surface area contributed by atoms with Gasteiger partial charge >= 0.3 is 0 Å². The molecule has 4 aromatic carbocycles. The van der Waals surface area contributed by atoms with Crippen molar-refractivity contribution in [2.45, 2.75) is 26.5 Å². The number of nitrogens with zero attached hydrogens (tertiary/aromatic N) is 3. The number of amides is 1. The van der Waals surface area contributed by atoms with Gasteiger partial charge in [-0.1, -0.05) is 71.8 Å². The molecule has 9 heteroatoms. The van der Waals surface area contributed by atoms with Gasteiger partial charge in [0.05, 0.1) is 17.8 Å². The summed E-state index contributed by atoms with van der Waals surface area (Å²) in [5, 5.41) is 0.398. The Balaban J connectivity index is 0.910. The summed E-state index contributed by atoms with van der Waals surface area (Å²) >= 11 is 6.50. The molecule has 0 spiro atoms. The molecule has 7 nitrogen and oxygen atoms in total. The van der Waals surface area contributed by atoms with Gasteiger partial charge < -0.3 is 19.1 Å². The highest BCUT2D eigenvalue weighted by Crippen LogP contribution is 2.30. The van der Waals surface area contributed by atoms with E-state index in [1.165, 1.54) is 28.8 Å². The Hall–Kier alpha value is -5.18. The molecule has 1 aliphatic heterocycles. The zero-order valence-corrected chi connectivity index (χ0v) is 28.7. The van der Waals surface area contributed by atoms with Gasteiger partial charge in [-0.2, -0.15) is 0 Å². The second-order valence-electron chi connectivity index (χ2n) is 12.2. The van der Waals surface area contributed by atoms with Crippen molar-refractivity contribution in [3.05, 3.63) is 154 Å². The number of hydrogen-bond donors (Lipinski definition) is 0. The lowest BCUT2D eigenvalue weighted by Gasteiger charge is -2.34. The molecule has 2 heterocycles. The van der Waals surface area contributed by atoms with Crippen LogP contribution in [0.2, 0.25) is 5.02 Å². The quantitative estimate of drug-likeness (QED) is 0.115. The van der Waals surface area contributed by atoms with Crippen molar-refractivity contribution in [3.8, 4) is 23.1 Å². The predicted molar refractivity (Wildman–Crippen MR) is 194 cm³/mol. The third-order valence-corrected chi connectivity index (χ3v) is 8.71. The summed E-state index contributed by atoms with van der Waals surface area (Å²) < 4.78 is 30.5. The second kappa shape index (κ2) is 17.0. The number of aryl methyl sites for hydroxylation is 1. The first-order valence-corrected chi connectivity index (χ1v) is 17.0. The molecule has 0 unspecified atom stereocenters. The molecule has 0 saturated carbocycles. The van der Waals surface area contributed by atoms with E-state index in [1.807, 2.05) is 23.1 Å². The van der Waals surface area contributed by atoms with Crippen molar-refractivity contribution >= 4 is 23.6 Å². The van der Waals surface area contributed by atoms with Crippen LogP contribution in [0, 0.1) is 12.7 Å². The van der Waals surface area contributed by atoms with Crippen molar-refractivity contribution in [2.24, 2.45) is 0 Å². The first-order valence-electron chi connectivity index (χ1n) is 16.6. The minimum absolute atomic E-state index is 0.0238. The number of carbonyl (C=O) groups is 1. The normalized spacial score (nSPS) is 13.4. The van der Waals surface area contributed by atoms with Crippen LogP contribution in [0.3, 0.4) is 0 Å².